The van der Waals surface area contributed by atoms with E-state index in [1.165, 1.54) is 16.7 Å². The number of anilines is 2. The highest BCUT2D eigenvalue weighted by Gasteiger charge is 2.26. The van der Waals surface area contributed by atoms with Crippen molar-refractivity contribution in [1.29, 1.82) is 0 Å². The van der Waals surface area contributed by atoms with E-state index in [9.17, 15) is 14.7 Å². The molecular weight excluding hydrogens is 312 g/mol. The van der Waals surface area contributed by atoms with Crippen molar-refractivity contribution in [2.45, 2.75) is 11.8 Å². The van der Waals surface area contributed by atoms with Gasteiger partial charge in [-0.25, -0.2) is 0 Å². The predicted octanol–water partition coefficient (Wildman–Crippen LogP) is 2.78. The Kier molecular flexibility index (Phi) is 4.25. The second-order valence-corrected chi connectivity index (χ2v) is 6.32. The maximum Gasteiger partial charge on any atom is 0.244 e. The van der Waals surface area contributed by atoms with E-state index >= 15 is 0 Å². The van der Waals surface area contributed by atoms with E-state index in [4.69, 9.17) is 0 Å². The second-order valence-electron chi connectivity index (χ2n) is 5.31. The van der Waals surface area contributed by atoms with Gasteiger partial charge in [-0.1, -0.05) is 18.2 Å². The number of rotatable bonds is 3. The number of nitrogens with one attached hydrogen (secondary N) is 1. The van der Waals surface area contributed by atoms with Crippen molar-refractivity contribution in [3.05, 3.63) is 48.0 Å². The number of carbonyl (C=O) groups excluding carboxylic acids is 2. The molecule has 0 radical (unpaired) electrons. The fraction of sp³-hybridized carbons (Fsp3) is 0.176. The smallest absolute Gasteiger partial charge is 0.244 e. The maximum absolute atomic E-state index is 12.3. The number of phenolic OH excluding ortho intramolecular Hbond substituents is 1. The minimum Gasteiger partial charge on any atom is -0.506 e. The Morgan fingerprint density at radius 3 is 2.87 bits per heavy atom. The highest BCUT2D eigenvalue weighted by atomic mass is 32.2. The summed E-state index contributed by atoms with van der Waals surface area (Å²) in [5.41, 5.74) is 1.99. The summed E-state index contributed by atoms with van der Waals surface area (Å²) in [5.74, 6) is -0.115. The van der Waals surface area contributed by atoms with Crippen LogP contribution in [0.5, 0.6) is 5.75 Å². The van der Waals surface area contributed by atoms with Gasteiger partial charge < -0.3 is 15.3 Å². The van der Waals surface area contributed by atoms with Gasteiger partial charge in [-0.05, 0) is 36.8 Å². The first-order chi connectivity index (χ1) is 11.0. The van der Waals surface area contributed by atoms with Crippen LogP contribution in [0.15, 0.2) is 47.4 Å². The lowest BCUT2D eigenvalue weighted by Crippen LogP contribution is -2.41. The van der Waals surface area contributed by atoms with Gasteiger partial charge in [0.2, 0.25) is 11.8 Å². The molecule has 0 unspecified atom stereocenters. The molecule has 1 aliphatic heterocycles. The van der Waals surface area contributed by atoms with Gasteiger partial charge in [0.05, 0.1) is 17.1 Å². The Bertz CT molecular complexity index is 776. The van der Waals surface area contributed by atoms with Crippen molar-refractivity contribution >= 4 is 35.0 Å². The summed E-state index contributed by atoms with van der Waals surface area (Å²) in [5, 5.41) is 12.5. The average molecular weight is 328 g/mol. The van der Waals surface area contributed by atoms with E-state index < -0.39 is 0 Å². The van der Waals surface area contributed by atoms with Crippen LogP contribution in [0.25, 0.3) is 0 Å². The van der Waals surface area contributed by atoms with Crippen molar-refractivity contribution < 1.29 is 14.7 Å². The molecule has 23 heavy (non-hydrogen) atoms. The molecule has 0 atom stereocenters. The first-order valence-corrected chi connectivity index (χ1v) is 8.15. The van der Waals surface area contributed by atoms with Gasteiger partial charge in [-0.2, -0.15) is 0 Å². The monoisotopic (exact) mass is 328 g/mol. The van der Waals surface area contributed by atoms with Gasteiger partial charge in [0.1, 0.15) is 12.3 Å². The third-order valence-corrected chi connectivity index (χ3v) is 4.58. The molecule has 5 nitrogen and oxygen atoms in total. The molecule has 1 heterocycles. The van der Waals surface area contributed by atoms with Crippen molar-refractivity contribution in [3.63, 3.8) is 0 Å². The third-order valence-electron chi connectivity index (χ3n) is 3.54. The maximum atomic E-state index is 12.3. The normalized spacial score (nSPS) is 13.6. The summed E-state index contributed by atoms with van der Waals surface area (Å²) < 4.78 is 0. The summed E-state index contributed by atoms with van der Waals surface area (Å²) in [7, 11) is 0. The molecular formula is C17H16N2O3S. The number of aryl methyl sites for hydroxylation is 1. The zero-order valence-electron chi connectivity index (χ0n) is 12.6. The van der Waals surface area contributed by atoms with E-state index in [0.717, 1.165) is 16.1 Å². The van der Waals surface area contributed by atoms with Crippen LogP contribution in [-0.2, 0) is 9.59 Å². The Balaban J connectivity index is 1.76. The van der Waals surface area contributed by atoms with E-state index in [-0.39, 0.29) is 24.1 Å². The predicted molar refractivity (Wildman–Crippen MR) is 91.0 cm³/mol. The van der Waals surface area contributed by atoms with Gasteiger partial charge >= 0.3 is 0 Å². The number of fused-ring (bicyclic) bond motifs is 1. The molecule has 6 heteroatoms. The summed E-state index contributed by atoms with van der Waals surface area (Å²) in [6, 6.07) is 12.5. The van der Waals surface area contributed by atoms with E-state index in [0.29, 0.717) is 11.4 Å². The standard InChI is InChI=1S/C17H16N2O3S/c1-11-6-7-12(14(20)8-11)18-16(21)9-19-13-4-2-3-5-15(13)23-10-17(19)22/h2-8,20H,9-10H2,1H3,(H,18,21). The molecule has 1 aliphatic rings. The SMILES string of the molecule is Cc1ccc(NC(=O)CN2C(=O)CSc3ccccc32)c(O)c1. The number of carbonyl (C=O) groups is 2. The number of hydrogen-bond donors (Lipinski definition) is 2. The zero-order chi connectivity index (χ0) is 16.4. The van der Waals surface area contributed by atoms with Crippen LogP contribution >= 0.6 is 11.8 Å². The van der Waals surface area contributed by atoms with Gasteiger partial charge in [0.25, 0.3) is 0 Å². The molecule has 0 aliphatic carbocycles. The number of nitrogens with zero attached hydrogens (tertiary/aromatic N) is 1. The van der Waals surface area contributed by atoms with E-state index in [1.807, 2.05) is 31.2 Å². The molecule has 2 aromatic rings. The molecule has 0 spiro atoms. The topological polar surface area (TPSA) is 69.6 Å². The van der Waals surface area contributed by atoms with Crippen molar-refractivity contribution in [3.8, 4) is 5.75 Å². The van der Waals surface area contributed by atoms with Gasteiger partial charge in [-0.3, -0.25) is 9.59 Å². The highest BCUT2D eigenvalue weighted by molar-refractivity contribution is 8.00. The van der Waals surface area contributed by atoms with Crippen LogP contribution in [0.3, 0.4) is 0 Å². The molecule has 2 amide bonds. The number of para-hydroxylation sites is 1. The van der Waals surface area contributed by atoms with Crippen LogP contribution in [0, 0.1) is 6.92 Å². The molecule has 2 aromatic carbocycles. The van der Waals surface area contributed by atoms with Gasteiger partial charge in [-0.15, -0.1) is 11.8 Å². The van der Waals surface area contributed by atoms with Crippen molar-refractivity contribution in [1.82, 2.24) is 0 Å². The first-order valence-electron chi connectivity index (χ1n) is 7.16. The molecule has 118 valence electrons. The lowest BCUT2D eigenvalue weighted by atomic mass is 10.2. The number of benzene rings is 2. The van der Waals surface area contributed by atoms with Crippen LogP contribution in [0.1, 0.15) is 5.56 Å². The van der Waals surface area contributed by atoms with Crippen LogP contribution < -0.4 is 10.2 Å². The fourth-order valence-corrected chi connectivity index (χ4v) is 3.34. The molecule has 0 saturated heterocycles. The lowest BCUT2D eigenvalue weighted by Gasteiger charge is -2.28. The fourth-order valence-electron chi connectivity index (χ4n) is 2.41. The third kappa shape index (κ3) is 3.32. The molecule has 0 bridgehead atoms. The zero-order valence-corrected chi connectivity index (χ0v) is 13.4. The summed E-state index contributed by atoms with van der Waals surface area (Å²) in [6.45, 7) is 1.77. The summed E-state index contributed by atoms with van der Waals surface area (Å²) in [6.07, 6.45) is 0. The minimum absolute atomic E-state index is 0.0132. The highest BCUT2D eigenvalue weighted by Crippen LogP contribution is 2.34. The van der Waals surface area contributed by atoms with Gasteiger partial charge in [0.15, 0.2) is 0 Å². The van der Waals surface area contributed by atoms with Crippen LogP contribution in [0.4, 0.5) is 11.4 Å². The Hall–Kier alpha value is -2.47. The largest absolute Gasteiger partial charge is 0.506 e. The Morgan fingerprint density at radius 1 is 1.30 bits per heavy atom. The quantitative estimate of drug-likeness (QED) is 0.850. The number of hydrogen-bond acceptors (Lipinski definition) is 4. The van der Waals surface area contributed by atoms with Crippen molar-refractivity contribution in [2.24, 2.45) is 0 Å². The number of thioether (sulfide) groups is 1. The van der Waals surface area contributed by atoms with Crippen molar-refractivity contribution in [2.75, 3.05) is 22.5 Å². The molecule has 0 fully saturated rings. The van der Waals surface area contributed by atoms with Crippen LogP contribution in [0.2, 0.25) is 0 Å². The minimum atomic E-state index is -0.348. The summed E-state index contributed by atoms with van der Waals surface area (Å²) in [4.78, 5) is 26.8. The molecule has 2 N–H and O–H groups in total. The number of phenols is 1. The van der Waals surface area contributed by atoms with E-state index in [2.05, 4.69) is 5.32 Å². The Morgan fingerprint density at radius 2 is 2.09 bits per heavy atom. The van der Waals surface area contributed by atoms with Crippen LogP contribution in [-0.4, -0.2) is 29.2 Å². The second kappa shape index (κ2) is 6.34. The average Bonchev–Trinajstić information content (AvgIpc) is 2.53. The summed E-state index contributed by atoms with van der Waals surface area (Å²) >= 11 is 1.47. The number of aromatic hydroxyl groups is 1. The first kappa shape index (κ1) is 15.4. The molecule has 0 saturated carbocycles. The lowest BCUT2D eigenvalue weighted by molar-refractivity contribution is -0.120. The Labute approximate surface area is 138 Å². The van der Waals surface area contributed by atoms with Gasteiger partial charge in [0, 0.05) is 4.90 Å². The number of amides is 2. The van der Waals surface area contributed by atoms with E-state index in [1.54, 1.807) is 18.2 Å². The molecule has 3 rings (SSSR count). The molecule has 0 aromatic heterocycles.